The van der Waals surface area contributed by atoms with Crippen molar-refractivity contribution in [3.8, 4) is 5.88 Å². The Balaban J connectivity index is 1.30. The molecule has 1 saturated carbocycles. The van der Waals surface area contributed by atoms with Gasteiger partial charge in [-0.2, -0.15) is 0 Å². The monoisotopic (exact) mass is 455 g/mol. The second kappa shape index (κ2) is 7.93. The zero-order valence-electron chi connectivity index (χ0n) is 16.5. The van der Waals surface area contributed by atoms with E-state index in [-0.39, 0.29) is 11.9 Å². The standard InChI is InChI=1S/C21H21N5O3S2/c27-21-15(19-16(25-21)8-9-17-20(19)30-12-24-17)11-23-13-4-6-14(7-5-13)31(28,29)26-18-3-1-2-10-22-18/h1-3,8-14,25,27H,4-7H2,(H,22,26). The van der Waals surface area contributed by atoms with Crippen molar-refractivity contribution in [2.75, 3.05) is 4.72 Å². The van der Waals surface area contributed by atoms with E-state index in [2.05, 4.69) is 24.7 Å². The molecule has 0 amide bonds. The summed E-state index contributed by atoms with van der Waals surface area (Å²) in [5, 5.41) is 10.8. The van der Waals surface area contributed by atoms with E-state index in [1.807, 2.05) is 12.1 Å². The number of hydrogen-bond donors (Lipinski definition) is 3. The Bertz CT molecular complexity index is 1350. The highest BCUT2D eigenvalue weighted by Gasteiger charge is 2.31. The summed E-state index contributed by atoms with van der Waals surface area (Å²) in [6, 6.07) is 8.97. The molecule has 10 heteroatoms. The van der Waals surface area contributed by atoms with E-state index in [1.165, 1.54) is 11.3 Å². The summed E-state index contributed by atoms with van der Waals surface area (Å²) < 4.78 is 28.9. The number of H-pyrrole nitrogens is 1. The normalized spacial score (nSPS) is 20.0. The first-order valence-electron chi connectivity index (χ1n) is 10.0. The number of benzene rings is 1. The van der Waals surface area contributed by atoms with Crippen LogP contribution in [-0.2, 0) is 10.0 Å². The number of nitrogens with one attached hydrogen (secondary N) is 2. The summed E-state index contributed by atoms with van der Waals surface area (Å²) in [4.78, 5) is 16.1. The smallest absolute Gasteiger partial charge is 0.236 e. The van der Waals surface area contributed by atoms with Gasteiger partial charge in [-0.25, -0.2) is 18.4 Å². The van der Waals surface area contributed by atoms with Gasteiger partial charge in [-0.05, 0) is 49.9 Å². The molecule has 1 fully saturated rings. The molecule has 160 valence electrons. The molecule has 1 aliphatic carbocycles. The van der Waals surface area contributed by atoms with E-state index < -0.39 is 15.3 Å². The zero-order chi connectivity index (χ0) is 21.4. The molecule has 0 radical (unpaired) electrons. The highest BCUT2D eigenvalue weighted by Crippen LogP contribution is 2.34. The molecule has 8 nitrogen and oxygen atoms in total. The van der Waals surface area contributed by atoms with Gasteiger partial charge in [0.15, 0.2) is 5.88 Å². The van der Waals surface area contributed by atoms with Crippen molar-refractivity contribution in [3.63, 3.8) is 0 Å². The van der Waals surface area contributed by atoms with Gasteiger partial charge < -0.3 is 10.1 Å². The molecule has 0 spiro atoms. The molecule has 1 aromatic carbocycles. The van der Waals surface area contributed by atoms with Gasteiger partial charge in [0, 0.05) is 17.8 Å². The van der Waals surface area contributed by atoms with Gasteiger partial charge in [0.1, 0.15) is 5.82 Å². The number of aromatic amines is 1. The molecule has 3 aromatic heterocycles. The third-order valence-corrected chi connectivity index (χ3v) is 8.39. The maximum atomic E-state index is 12.7. The van der Waals surface area contributed by atoms with Crippen LogP contribution in [0.3, 0.4) is 0 Å². The Morgan fingerprint density at radius 2 is 2.00 bits per heavy atom. The number of aliphatic imine (C=N–C) groups is 1. The van der Waals surface area contributed by atoms with Gasteiger partial charge in [-0.1, -0.05) is 6.07 Å². The minimum atomic E-state index is -3.49. The van der Waals surface area contributed by atoms with Crippen LogP contribution < -0.4 is 4.72 Å². The van der Waals surface area contributed by atoms with Crippen LogP contribution in [0.5, 0.6) is 5.88 Å². The molecular weight excluding hydrogens is 434 g/mol. The van der Waals surface area contributed by atoms with Crippen molar-refractivity contribution < 1.29 is 13.5 Å². The van der Waals surface area contributed by atoms with E-state index in [4.69, 9.17) is 0 Å². The van der Waals surface area contributed by atoms with Gasteiger partial charge in [0.2, 0.25) is 10.0 Å². The van der Waals surface area contributed by atoms with Crippen molar-refractivity contribution in [2.24, 2.45) is 4.99 Å². The average molecular weight is 456 g/mol. The fraction of sp³-hybridized carbons (Fsp3) is 0.286. The van der Waals surface area contributed by atoms with Crippen molar-refractivity contribution in [2.45, 2.75) is 37.0 Å². The molecule has 0 saturated heterocycles. The van der Waals surface area contributed by atoms with Crippen LogP contribution in [0.25, 0.3) is 21.1 Å². The molecule has 3 heterocycles. The van der Waals surface area contributed by atoms with E-state index in [9.17, 15) is 13.5 Å². The molecule has 31 heavy (non-hydrogen) atoms. The SMILES string of the molecule is O=S(=O)(Nc1ccccn1)C1CCC(N=Cc2c(O)[nH]c3ccc4ncsc4c23)CC1. The summed E-state index contributed by atoms with van der Waals surface area (Å²) in [7, 11) is -3.49. The minimum Gasteiger partial charge on any atom is -0.494 e. The summed E-state index contributed by atoms with van der Waals surface area (Å²) in [6.07, 6.45) is 5.67. The van der Waals surface area contributed by atoms with Crippen LogP contribution in [0.15, 0.2) is 47.0 Å². The highest BCUT2D eigenvalue weighted by atomic mass is 32.2. The number of anilines is 1. The number of aromatic hydroxyl groups is 1. The van der Waals surface area contributed by atoms with Crippen molar-refractivity contribution in [3.05, 3.63) is 47.6 Å². The Morgan fingerprint density at radius 1 is 1.16 bits per heavy atom. The minimum absolute atomic E-state index is 0.0197. The molecular formula is C21H21N5O3S2. The van der Waals surface area contributed by atoms with Gasteiger partial charge in [-0.3, -0.25) is 9.71 Å². The summed E-state index contributed by atoms with van der Waals surface area (Å²) in [6.45, 7) is 0. The third-order valence-electron chi connectivity index (χ3n) is 5.69. The summed E-state index contributed by atoms with van der Waals surface area (Å²) >= 11 is 1.53. The van der Waals surface area contributed by atoms with Crippen LogP contribution >= 0.6 is 11.3 Å². The third kappa shape index (κ3) is 3.88. The number of nitrogens with zero attached hydrogens (tertiary/aromatic N) is 3. The number of hydrogen-bond acceptors (Lipinski definition) is 7. The Labute approximate surface area is 183 Å². The van der Waals surface area contributed by atoms with E-state index in [0.29, 0.717) is 37.1 Å². The van der Waals surface area contributed by atoms with Crippen molar-refractivity contribution >= 4 is 54.5 Å². The van der Waals surface area contributed by atoms with Crippen LogP contribution in [0.4, 0.5) is 5.82 Å². The lowest BCUT2D eigenvalue weighted by atomic mass is 9.95. The number of pyridine rings is 1. The first-order valence-corrected chi connectivity index (χ1v) is 12.5. The van der Waals surface area contributed by atoms with Crippen LogP contribution in [0, 0.1) is 0 Å². The van der Waals surface area contributed by atoms with Gasteiger partial charge in [-0.15, -0.1) is 11.3 Å². The fourth-order valence-corrected chi connectivity index (χ4v) is 6.40. The lowest BCUT2D eigenvalue weighted by molar-refractivity contribution is 0.437. The maximum absolute atomic E-state index is 12.7. The topological polar surface area (TPSA) is 120 Å². The molecule has 5 rings (SSSR count). The average Bonchev–Trinajstić information content (AvgIpc) is 3.36. The lowest BCUT2D eigenvalue weighted by Gasteiger charge is -2.26. The van der Waals surface area contributed by atoms with Gasteiger partial charge in [0.25, 0.3) is 0 Å². The number of sulfonamides is 1. The quantitative estimate of drug-likeness (QED) is 0.392. The predicted octanol–water partition coefficient (Wildman–Crippen LogP) is 4.05. The zero-order valence-corrected chi connectivity index (χ0v) is 18.2. The Kier molecular flexibility index (Phi) is 5.11. The first kappa shape index (κ1) is 20.0. The van der Waals surface area contributed by atoms with E-state index >= 15 is 0 Å². The summed E-state index contributed by atoms with van der Waals surface area (Å²) in [5.41, 5.74) is 4.16. The first-order chi connectivity index (χ1) is 15.0. The molecule has 1 aliphatic rings. The highest BCUT2D eigenvalue weighted by molar-refractivity contribution is 7.93. The number of fused-ring (bicyclic) bond motifs is 3. The maximum Gasteiger partial charge on any atom is 0.236 e. The van der Waals surface area contributed by atoms with Crippen LogP contribution in [0.1, 0.15) is 31.2 Å². The molecule has 0 aliphatic heterocycles. The van der Waals surface area contributed by atoms with Crippen molar-refractivity contribution in [1.82, 2.24) is 15.0 Å². The Hall–Kier alpha value is -2.98. The van der Waals surface area contributed by atoms with Crippen LogP contribution in [-0.4, -0.2) is 46.0 Å². The molecule has 0 unspecified atom stereocenters. The largest absolute Gasteiger partial charge is 0.494 e. The molecule has 3 N–H and O–H groups in total. The summed E-state index contributed by atoms with van der Waals surface area (Å²) in [5.74, 6) is 0.419. The number of rotatable bonds is 5. The fourth-order valence-electron chi connectivity index (χ4n) is 4.08. The number of aromatic nitrogens is 3. The number of thiazole rings is 1. The lowest BCUT2D eigenvalue weighted by Crippen LogP contribution is -2.33. The Morgan fingerprint density at radius 3 is 2.77 bits per heavy atom. The molecule has 4 aromatic rings. The van der Waals surface area contributed by atoms with Gasteiger partial charge in [0.05, 0.1) is 38.1 Å². The predicted molar refractivity (Wildman–Crippen MR) is 124 cm³/mol. The molecule has 0 bridgehead atoms. The second-order valence-electron chi connectivity index (χ2n) is 7.65. The van der Waals surface area contributed by atoms with E-state index in [0.717, 1.165) is 21.1 Å². The van der Waals surface area contributed by atoms with Crippen molar-refractivity contribution in [1.29, 1.82) is 0 Å². The van der Waals surface area contributed by atoms with E-state index in [1.54, 1.807) is 36.1 Å². The van der Waals surface area contributed by atoms with Gasteiger partial charge >= 0.3 is 0 Å². The van der Waals surface area contributed by atoms with Crippen LogP contribution in [0.2, 0.25) is 0 Å². The second-order valence-corrected chi connectivity index (χ2v) is 10.5. The molecule has 0 atom stereocenters.